The van der Waals surface area contributed by atoms with Gasteiger partial charge >= 0.3 is 0 Å². The van der Waals surface area contributed by atoms with E-state index in [0.29, 0.717) is 25.5 Å². The second kappa shape index (κ2) is 11.4. The molecule has 3 aromatic heterocycles. The zero-order chi connectivity index (χ0) is 25.1. The quantitative estimate of drug-likeness (QED) is 0.412. The van der Waals surface area contributed by atoms with Crippen molar-refractivity contribution in [3.63, 3.8) is 0 Å². The molecule has 0 amide bonds. The summed E-state index contributed by atoms with van der Waals surface area (Å²) in [7, 11) is 1.71. The van der Waals surface area contributed by atoms with E-state index >= 15 is 0 Å². The molecule has 2 saturated heterocycles. The van der Waals surface area contributed by atoms with Crippen LogP contribution in [-0.4, -0.2) is 69.1 Å². The first kappa shape index (κ1) is 25.3. The smallest absolute Gasteiger partial charge is 0.225 e. The molecular formula is C26H35ClN6O3. The van der Waals surface area contributed by atoms with Gasteiger partial charge in [-0.3, -0.25) is 4.98 Å². The highest BCUT2D eigenvalue weighted by Gasteiger charge is 2.29. The molecule has 0 spiro atoms. The van der Waals surface area contributed by atoms with Crippen LogP contribution in [0.15, 0.2) is 24.5 Å². The number of hydrogen-bond donors (Lipinski definition) is 0. The number of halogens is 1. The molecule has 5 rings (SSSR count). The van der Waals surface area contributed by atoms with Crippen LogP contribution in [0.5, 0.6) is 0 Å². The van der Waals surface area contributed by atoms with Crippen molar-refractivity contribution < 1.29 is 14.2 Å². The number of hydrogen-bond acceptors (Lipinski definition) is 8. The molecule has 194 valence electrons. The Balaban J connectivity index is 1.33. The molecule has 0 aliphatic carbocycles. The molecule has 2 fully saturated rings. The van der Waals surface area contributed by atoms with Crippen LogP contribution in [0.3, 0.4) is 0 Å². The van der Waals surface area contributed by atoms with Crippen LogP contribution in [0, 0.1) is 0 Å². The van der Waals surface area contributed by atoms with Gasteiger partial charge in [0, 0.05) is 51.2 Å². The number of imidazole rings is 1. The standard InChI is InChI=1S/C26H35ClN6O3/c1-17(2)33-22-13-19(29-14-21(22)31-24(33)16-36-25-6-4-5-11-35-25)12-18-7-9-28-26(30-18)32-10-8-23(34-3)20(27)15-32/h7,9,13-14,17,20,23,25H,4-6,8,10-12,15-16H2,1-3H3/t20-,23+,25?/m0/s1. The molecule has 0 saturated carbocycles. The fraction of sp³-hybridized carbons (Fsp3) is 0.615. The Morgan fingerprint density at radius 2 is 2.06 bits per heavy atom. The van der Waals surface area contributed by atoms with Gasteiger partial charge in [-0.1, -0.05) is 0 Å². The van der Waals surface area contributed by atoms with Crippen LogP contribution in [0.2, 0.25) is 0 Å². The summed E-state index contributed by atoms with van der Waals surface area (Å²) in [5, 5.41) is -0.0840. The van der Waals surface area contributed by atoms with Crippen molar-refractivity contribution in [3.05, 3.63) is 41.7 Å². The second-order valence-electron chi connectivity index (χ2n) is 9.81. The molecule has 9 nitrogen and oxygen atoms in total. The highest BCUT2D eigenvalue weighted by atomic mass is 35.5. The van der Waals surface area contributed by atoms with Gasteiger partial charge in [-0.2, -0.15) is 0 Å². The number of alkyl halides is 1. The number of nitrogens with zero attached hydrogens (tertiary/aromatic N) is 6. The van der Waals surface area contributed by atoms with Crippen LogP contribution < -0.4 is 4.90 Å². The Hall–Kier alpha value is -2.33. The molecule has 3 atom stereocenters. The number of pyridine rings is 1. The van der Waals surface area contributed by atoms with Gasteiger partial charge < -0.3 is 23.7 Å². The SMILES string of the molecule is CO[C@@H]1CCN(c2nccc(Cc3cc4c(cn3)nc(COC3CCCCO3)n4C(C)C)n2)C[C@@H]1Cl. The van der Waals surface area contributed by atoms with E-state index in [1.165, 1.54) is 0 Å². The van der Waals surface area contributed by atoms with E-state index in [1.54, 1.807) is 7.11 Å². The number of rotatable bonds is 8. The zero-order valence-corrected chi connectivity index (χ0v) is 22.0. The lowest BCUT2D eigenvalue weighted by molar-refractivity contribution is -0.170. The summed E-state index contributed by atoms with van der Waals surface area (Å²) in [4.78, 5) is 21.0. The monoisotopic (exact) mass is 514 g/mol. The summed E-state index contributed by atoms with van der Waals surface area (Å²) in [5.41, 5.74) is 3.78. The third kappa shape index (κ3) is 5.64. The van der Waals surface area contributed by atoms with Crippen molar-refractivity contribution >= 4 is 28.6 Å². The summed E-state index contributed by atoms with van der Waals surface area (Å²) < 4.78 is 19.5. The minimum Gasteiger partial charge on any atom is -0.380 e. The van der Waals surface area contributed by atoms with E-state index in [1.807, 2.05) is 18.5 Å². The van der Waals surface area contributed by atoms with E-state index < -0.39 is 0 Å². The normalized spacial score (nSPS) is 23.0. The molecule has 36 heavy (non-hydrogen) atoms. The Morgan fingerprint density at radius 1 is 1.17 bits per heavy atom. The predicted octanol–water partition coefficient (Wildman–Crippen LogP) is 4.27. The Morgan fingerprint density at radius 3 is 2.81 bits per heavy atom. The first-order valence-electron chi connectivity index (χ1n) is 12.8. The van der Waals surface area contributed by atoms with Gasteiger partial charge in [0.05, 0.1) is 28.9 Å². The molecule has 0 radical (unpaired) electrons. The fourth-order valence-electron chi connectivity index (χ4n) is 5.03. The summed E-state index contributed by atoms with van der Waals surface area (Å²) >= 11 is 6.50. The molecule has 5 heterocycles. The summed E-state index contributed by atoms with van der Waals surface area (Å²) in [6.07, 6.45) is 8.22. The van der Waals surface area contributed by atoms with Gasteiger partial charge in [-0.25, -0.2) is 15.0 Å². The third-order valence-corrected chi connectivity index (χ3v) is 7.31. The maximum Gasteiger partial charge on any atom is 0.225 e. The molecule has 2 aliphatic rings. The minimum atomic E-state index is -0.144. The molecule has 0 aromatic carbocycles. The highest BCUT2D eigenvalue weighted by molar-refractivity contribution is 6.21. The lowest BCUT2D eigenvalue weighted by Gasteiger charge is -2.34. The third-order valence-electron chi connectivity index (χ3n) is 6.89. The van der Waals surface area contributed by atoms with Gasteiger partial charge in [-0.05, 0) is 51.7 Å². The molecule has 2 aliphatic heterocycles. The van der Waals surface area contributed by atoms with Crippen LogP contribution in [-0.2, 0) is 27.2 Å². The zero-order valence-electron chi connectivity index (χ0n) is 21.3. The summed E-state index contributed by atoms with van der Waals surface area (Å²) in [5.74, 6) is 1.60. The molecule has 10 heteroatoms. The van der Waals surface area contributed by atoms with Crippen LogP contribution in [0.4, 0.5) is 5.95 Å². The first-order valence-corrected chi connectivity index (χ1v) is 13.3. The van der Waals surface area contributed by atoms with Crippen LogP contribution >= 0.6 is 11.6 Å². The highest BCUT2D eigenvalue weighted by Crippen LogP contribution is 2.25. The minimum absolute atomic E-state index is 0.0679. The van der Waals surface area contributed by atoms with Gasteiger partial charge in [-0.15, -0.1) is 11.6 Å². The number of piperidine rings is 1. The lowest BCUT2D eigenvalue weighted by Crippen LogP contribution is -2.45. The molecule has 0 N–H and O–H groups in total. The summed E-state index contributed by atoms with van der Waals surface area (Å²) in [6.45, 7) is 6.99. The topological polar surface area (TPSA) is 87.4 Å². The summed E-state index contributed by atoms with van der Waals surface area (Å²) in [6, 6.07) is 4.29. The van der Waals surface area contributed by atoms with E-state index in [2.05, 4.69) is 39.3 Å². The van der Waals surface area contributed by atoms with Gasteiger partial charge in [0.15, 0.2) is 6.29 Å². The Labute approximate surface area is 217 Å². The second-order valence-corrected chi connectivity index (χ2v) is 10.4. The predicted molar refractivity (Wildman–Crippen MR) is 138 cm³/mol. The van der Waals surface area contributed by atoms with E-state index in [-0.39, 0.29) is 23.8 Å². The molecule has 3 aromatic rings. The lowest BCUT2D eigenvalue weighted by atomic mass is 10.1. The maximum atomic E-state index is 6.50. The molecular weight excluding hydrogens is 480 g/mol. The Kier molecular flexibility index (Phi) is 8.00. The van der Waals surface area contributed by atoms with Crippen molar-refractivity contribution in [3.8, 4) is 0 Å². The Bertz CT molecular complexity index is 1170. The van der Waals surface area contributed by atoms with Crippen molar-refractivity contribution in [2.45, 2.75) is 76.4 Å². The van der Waals surface area contributed by atoms with E-state index in [0.717, 1.165) is 67.1 Å². The van der Waals surface area contributed by atoms with Crippen molar-refractivity contribution in [1.29, 1.82) is 0 Å². The van der Waals surface area contributed by atoms with Crippen molar-refractivity contribution in [2.24, 2.45) is 0 Å². The van der Waals surface area contributed by atoms with Crippen LogP contribution in [0.1, 0.15) is 62.8 Å². The van der Waals surface area contributed by atoms with Crippen molar-refractivity contribution in [2.75, 3.05) is 31.7 Å². The fourth-order valence-corrected chi connectivity index (χ4v) is 5.42. The molecule has 0 bridgehead atoms. The number of aromatic nitrogens is 5. The van der Waals surface area contributed by atoms with Gasteiger partial charge in [0.25, 0.3) is 0 Å². The van der Waals surface area contributed by atoms with Gasteiger partial charge in [0.2, 0.25) is 5.95 Å². The number of ether oxygens (including phenoxy) is 3. The number of anilines is 1. The van der Waals surface area contributed by atoms with Crippen LogP contribution in [0.25, 0.3) is 11.0 Å². The van der Waals surface area contributed by atoms with E-state index in [4.69, 9.17) is 35.8 Å². The van der Waals surface area contributed by atoms with Crippen molar-refractivity contribution in [1.82, 2.24) is 24.5 Å². The first-order chi connectivity index (χ1) is 17.5. The van der Waals surface area contributed by atoms with E-state index in [9.17, 15) is 0 Å². The average Bonchev–Trinajstić information content (AvgIpc) is 3.26. The maximum absolute atomic E-state index is 6.50. The number of methoxy groups -OCH3 is 1. The largest absolute Gasteiger partial charge is 0.380 e. The molecule has 1 unspecified atom stereocenters. The van der Waals surface area contributed by atoms with Gasteiger partial charge in [0.1, 0.15) is 17.9 Å². The number of fused-ring (bicyclic) bond motifs is 1. The average molecular weight is 515 g/mol.